The first-order valence-corrected chi connectivity index (χ1v) is 8.63. The Kier molecular flexibility index (Phi) is 6.76. The van der Waals surface area contributed by atoms with E-state index in [-0.39, 0.29) is 12.5 Å². The number of likely N-dealkylation sites (N-methyl/N-ethyl adjacent to an activating group) is 1. The van der Waals surface area contributed by atoms with E-state index in [1.54, 1.807) is 13.1 Å². The molecular weight excluding hydrogens is 338 g/mol. The summed E-state index contributed by atoms with van der Waals surface area (Å²) in [6.45, 7) is 9.63. The van der Waals surface area contributed by atoms with Gasteiger partial charge in [0.1, 0.15) is 6.54 Å². The third kappa shape index (κ3) is 5.30. The Balaban J connectivity index is 1.80. The maximum atomic E-state index is 12.4. The summed E-state index contributed by atoms with van der Waals surface area (Å²) in [5.41, 5.74) is 1.10. The van der Waals surface area contributed by atoms with Crippen LogP contribution in [0.3, 0.4) is 0 Å². The highest BCUT2D eigenvalue weighted by atomic mass is 16.4. The molecule has 1 fully saturated rings. The molecule has 0 atom stereocenters. The van der Waals surface area contributed by atoms with Crippen LogP contribution in [0.2, 0.25) is 0 Å². The molecule has 0 spiro atoms. The summed E-state index contributed by atoms with van der Waals surface area (Å²) in [7, 11) is 2.06. The van der Waals surface area contributed by atoms with Gasteiger partial charge in [-0.05, 0) is 19.5 Å². The van der Waals surface area contributed by atoms with Crippen LogP contribution in [0.1, 0.15) is 6.92 Å². The second-order valence-corrected chi connectivity index (χ2v) is 6.64. The molecular formula is C17H27N5O4. The van der Waals surface area contributed by atoms with Gasteiger partial charge in [0, 0.05) is 51.2 Å². The van der Waals surface area contributed by atoms with Crippen molar-refractivity contribution >= 4 is 17.9 Å². The average molecular weight is 365 g/mol. The molecule has 2 aliphatic heterocycles. The Bertz CT molecular complexity index is 610. The number of carbonyl (C=O) groups is 3. The minimum atomic E-state index is -1.10. The molecule has 0 radical (unpaired) electrons. The SMILES string of the molecule is C=C1C(C)=CN(CCNC(=O)CN2CCN(C)CC2)C(=O)N1CC(=O)O. The Hall–Kier alpha value is -2.39. The predicted octanol–water partition coefficient (Wildman–Crippen LogP) is -0.410. The van der Waals surface area contributed by atoms with Gasteiger partial charge >= 0.3 is 12.0 Å². The van der Waals surface area contributed by atoms with E-state index in [9.17, 15) is 14.4 Å². The van der Waals surface area contributed by atoms with E-state index in [1.165, 1.54) is 4.90 Å². The van der Waals surface area contributed by atoms with Gasteiger partial charge in [-0.1, -0.05) is 6.58 Å². The van der Waals surface area contributed by atoms with E-state index in [4.69, 9.17) is 5.11 Å². The van der Waals surface area contributed by atoms with Crippen LogP contribution in [0.15, 0.2) is 24.0 Å². The number of aliphatic carboxylic acids is 1. The lowest BCUT2D eigenvalue weighted by molar-refractivity contribution is -0.137. The first-order valence-electron chi connectivity index (χ1n) is 8.63. The molecule has 3 amide bonds. The number of carboxylic acids is 1. The number of amides is 3. The van der Waals surface area contributed by atoms with Crippen LogP contribution in [0.5, 0.6) is 0 Å². The topological polar surface area (TPSA) is 96.4 Å². The van der Waals surface area contributed by atoms with E-state index in [2.05, 4.69) is 28.7 Å². The number of allylic oxidation sites excluding steroid dienone is 1. The third-order valence-corrected chi connectivity index (χ3v) is 4.54. The van der Waals surface area contributed by atoms with Crippen molar-refractivity contribution < 1.29 is 19.5 Å². The monoisotopic (exact) mass is 365 g/mol. The third-order valence-electron chi connectivity index (χ3n) is 4.54. The van der Waals surface area contributed by atoms with Crippen LogP contribution < -0.4 is 5.32 Å². The molecule has 26 heavy (non-hydrogen) atoms. The molecule has 2 rings (SSSR count). The summed E-state index contributed by atoms with van der Waals surface area (Å²) in [6, 6.07) is -0.448. The highest BCUT2D eigenvalue weighted by Gasteiger charge is 2.29. The molecule has 0 aliphatic carbocycles. The first kappa shape index (κ1) is 19.9. The van der Waals surface area contributed by atoms with Gasteiger partial charge in [0.2, 0.25) is 5.91 Å². The lowest BCUT2D eigenvalue weighted by atomic mass is 10.2. The highest BCUT2D eigenvalue weighted by molar-refractivity contribution is 5.85. The van der Waals surface area contributed by atoms with E-state index in [0.29, 0.717) is 18.8 Å². The van der Waals surface area contributed by atoms with Gasteiger partial charge < -0.3 is 15.3 Å². The van der Waals surface area contributed by atoms with Crippen LogP contribution in [-0.4, -0.2) is 102 Å². The first-order chi connectivity index (χ1) is 12.3. The van der Waals surface area contributed by atoms with E-state index < -0.39 is 18.5 Å². The quantitative estimate of drug-likeness (QED) is 0.637. The standard InChI is InChI=1S/C17H27N5O4/c1-13-10-21(17(26)22(14(13)2)12-16(24)25)5-4-18-15(23)11-20-8-6-19(3)7-9-20/h10H,2,4-9,11-12H2,1,3H3,(H,18,23)(H,24,25). The molecule has 144 valence electrons. The van der Waals surface area contributed by atoms with Crippen molar-refractivity contribution in [3.8, 4) is 0 Å². The number of piperazine rings is 1. The van der Waals surface area contributed by atoms with Crippen LogP contribution in [0.25, 0.3) is 0 Å². The summed E-state index contributed by atoms with van der Waals surface area (Å²) < 4.78 is 0. The fourth-order valence-electron chi connectivity index (χ4n) is 2.89. The maximum absolute atomic E-state index is 12.4. The summed E-state index contributed by atoms with van der Waals surface area (Å²) in [4.78, 5) is 42.3. The lowest BCUT2D eigenvalue weighted by Gasteiger charge is -2.34. The fourth-order valence-corrected chi connectivity index (χ4v) is 2.89. The molecule has 0 unspecified atom stereocenters. The van der Waals surface area contributed by atoms with Crippen molar-refractivity contribution in [1.82, 2.24) is 24.9 Å². The Morgan fingerprint density at radius 3 is 2.50 bits per heavy atom. The van der Waals surface area contributed by atoms with E-state index in [1.807, 2.05) is 0 Å². The largest absolute Gasteiger partial charge is 0.480 e. The van der Waals surface area contributed by atoms with Gasteiger partial charge in [-0.15, -0.1) is 0 Å². The summed E-state index contributed by atoms with van der Waals surface area (Å²) >= 11 is 0. The molecule has 0 saturated carbocycles. The zero-order valence-electron chi connectivity index (χ0n) is 15.4. The minimum Gasteiger partial charge on any atom is -0.480 e. The molecule has 2 heterocycles. The number of carbonyl (C=O) groups excluding carboxylic acids is 2. The van der Waals surface area contributed by atoms with Gasteiger partial charge in [0.05, 0.1) is 6.54 Å². The maximum Gasteiger partial charge on any atom is 0.329 e. The molecule has 0 aromatic rings. The summed E-state index contributed by atoms with van der Waals surface area (Å²) in [5, 5.41) is 11.8. The molecule has 2 N–H and O–H groups in total. The Morgan fingerprint density at radius 1 is 1.23 bits per heavy atom. The lowest BCUT2D eigenvalue weighted by Crippen LogP contribution is -2.50. The normalized spacial score (nSPS) is 19.5. The Labute approximate surface area is 153 Å². The second-order valence-electron chi connectivity index (χ2n) is 6.64. The van der Waals surface area contributed by atoms with Gasteiger partial charge in [0.15, 0.2) is 0 Å². The number of urea groups is 1. The van der Waals surface area contributed by atoms with Crippen molar-refractivity contribution in [3.63, 3.8) is 0 Å². The predicted molar refractivity (Wildman–Crippen MR) is 96.3 cm³/mol. The van der Waals surface area contributed by atoms with Crippen LogP contribution in [-0.2, 0) is 9.59 Å². The highest BCUT2D eigenvalue weighted by Crippen LogP contribution is 2.21. The minimum absolute atomic E-state index is 0.0773. The number of hydrogen-bond donors (Lipinski definition) is 2. The number of rotatable bonds is 7. The second kappa shape index (κ2) is 8.81. The Morgan fingerprint density at radius 2 is 1.88 bits per heavy atom. The van der Waals surface area contributed by atoms with Crippen LogP contribution in [0.4, 0.5) is 4.79 Å². The molecule has 9 heteroatoms. The van der Waals surface area contributed by atoms with E-state index >= 15 is 0 Å². The average Bonchev–Trinajstić information content (AvgIpc) is 2.58. The van der Waals surface area contributed by atoms with Gasteiger partial charge in [-0.2, -0.15) is 0 Å². The van der Waals surface area contributed by atoms with Crippen molar-refractivity contribution in [3.05, 3.63) is 24.0 Å². The summed E-state index contributed by atoms with van der Waals surface area (Å²) in [6.07, 6.45) is 1.63. The molecule has 1 saturated heterocycles. The zero-order valence-corrected chi connectivity index (χ0v) is 15.4. The number of nitrogens with one attached hydrogen (secondary N) is 1. The smallest absolute Gasteiger partial charge is 0.329 e. The van der Waals surface area contributed by atoms with Crippen LogP contribution >= 0.6 is 0 Å². The van der Waals surface area contributed by atoms with Gasteiger partial charge in [-0.25, -0.2) is 4.79 Å². The molecule has 0 aromatic heterocycles. The van der Waals surface area contributed by atoms with E-state index in [0.717, 1.165) is 36.7 Å². The van der Waals surface area contributed by atoms with Crippen molar-refractivity contribution in [2.45, 2.75) is 6.92 Å². The van der Waals surface area contributed by atoms with Crippen molar-refractivity contribution in [2.24, 2.45) is 0 Å². The molecule has 2 aliphatic rings. The molecule has 0 bridgehead atoms. The fraction of sp³-hybridized carbons (Fsp3) is 0.588. The van der Waals surface area contributed by atoms with Gasteiger partial charge in [-0.3, -0.25) is 24.3 Å². The van der Waals surface area contributed by atoms with Crippen LogP contribution in [0, 0.1) is 0 Å². The number of carboxylic acid groups (broad SMARTS) is 1. The molecule has 0 aromatic carbocycles. The van der Waals surface area contributed by atoms with Gasteiger partial charge in [0.25, 0.3) is 0 Å². The van der Waals surface area contributed by atoms with Crippen molar-refractivity contribution in [1.29, 1.82) is 0 Å². The number of hydrogen-bond acceptors (Lipinski definition) is 5. The number of nitrogens with zero attached hydrogens (tertiary/aromatic N) is 4. The molecule has 9 nitrogen and oxygen atoms in total. The summed E-state index contributed by atoms with van der Waals surface area (Å²) in [5.74, 6) is -1.18. The zero-order chi connectivity index (χ0) is 19.3. The van der Waals surface area contributed by atoms with Crippen molar-refractivity contribution in [2.75, 3.05) is 59.4 Å².